The minimum Gasteiger partial charge on any atom is -0.337 e. The lowest BCUT2D eigenvalue weighted by Crippen LogP contribution is -2.26. The van der Waals surface area contributed by atoms with Crippen molar-refractivity contribution in [3.05, 3.63) is 55.1 Å². The maximum absolute atomic E-state index is 12.3. The van der Waals surface area contributed by atoms with Gasteiger partial charge in [0.1, 0.15) is 0 Å². The van der Waals surface area contributed by atoms with Gasteiger partial charge >= 0.3 is 0 Å². The number of benzene rings is 1. The monoisotopic (exact) mass is 387 g/mol. The molecule has 0 atom stereocenters. The van der Waals surface area contributed by atoms with Crippen molar-refractivity contribution in [3.8, 4) is 0 Å². The van der Waals surface area contributed by atoms with Crippen molar-refractivity contribution in [2.75, 3.05) is 7.05 Å². The molecule has 1 aromatic heterocycles. The molecule has 2 aromatic rings. The van der Waals surface area contributed by atoms with Crippen LogP contribution in [0.5, 0.6) is 0 Å². The van der Waals surface area contributed by atoms with Gasteiger partial charge in [-0.2, -0.15) is 0 Å². The lowest BCUT2D eigenvalue weighted by Gasteiger charge is -2.17. The number of carbonyl (C=O) groups excluding carboxylic acids is 1. The molecule has 1 heterocycles. The SMILES string of the molecule is CN(Cc1csc(Br)c1)C(=O)c1ccccc1Br. The molecule has 0 unspecified atom stereocenters. The molecule has 1 aromatic carbocycles. The number of hydrogen-bond acceptors (Lipinski definition) is 2. The molecule has 0 aliphatic rings. The van der Waals surface area contributed by atoms with E-state index >= 15 is 0 Å². The van der Waals surface area contributed by atoms with Crippen LogP contribution in [-0.4, -0.2) is 17.9 Å². The zero-order chi connectivity index (χ0) is 13.1. The zero-order valence-corrected chi connectivity index (χ0v) is 13.7. The summed E-state index contributed by atoms with van der Waals surface area (Å²) in [7, 11) is 1.81. The van der Waals surface area contributed by atoms with Gasteiger partial charge in [0.15, 0.2) is 0 Å². The zero-order valence-electron chi connectivity index (χ0n) is 9.69. The molecule has 94 valence electrons. The highest BCUT2D eigenvalue weighted by Gasteiger charge is 2.14. The second-order valence-electron chi connectivity index (χ2n) is 3.90. The van der Waals surface area contributed by atoms with Gasteiger partial charge in [0.25, 0.3) is 5.91 Å². The first kappa shape index (κ1) is 13.8. The van der Waals surface area contributed by atoms with E-state index in [0.29, 0.717) is 12.1 Å². The molecule has 1 amide bonds. The Morgan fingerprint density at radius 2 is 2.06 bits per heavy atom. The summed E-state index contributed by atoms with van der Waals surface area (Å²) < 4.78 is 1.91. The fourth-order valence-electron chi connectivity index (χ4n) is 1.61. The highest BCUT2D eigenvalue weighted by Crippen LogP contribution is 2.23. The molecule has 0 aliphatic carbocycles. The van der Waals surface area contributed by atoms with Crippen LogP contribution in [0.2, 0.25) is 0 Å². The van der Waals surface area contributed by atoms with Crippen LogP contribution in [0.15, 0.2) is 44.0 Å². The Kier molecular flexibility index (Phi) is 4.59. The summed E-state index contributed by atoms with van der Waals surface area (Å²) in [5, 5.41) is 2.05. The van der Waals surface area contributed by atoms with E-state index in [0.717, 1.165) is 13.8 Å². The summed E-state index contributed by atoms with van der Waals surface area (Å²) in [5.74, 6) is 0.0183. The standard InChI is InChI=1S/C13H11Br2NOS/c1-16(7-9-6-12(15)18-8-9)13(17)10-4-2-3-5-11(10)14/h2-6,8H,7H2,1H3. The minimum absolute atomic E-state index is 0.0183. The molecular formula is C13H11Br2NOS. The molecule has 0 aliphatic heterocycles. The van der Waals surface area contributed by atoms with Crippen molar-refractivity contribution in [2.24, 2.45) is 0 Å². The average molecular weight is 389 g/mol. The number of nitrogens with zero attached hydrogens (tertiary/aromatic N) is 1. The van der Waals surface area contributed by atoms with Gasteiger partial charge < -0.3 is 4.90 Å². The molecule has 2 nitrogen and oxygen atoms in total. The van der Waals surface area contributed by atoms with Crippen LogP contribution >= 0.6 is 43.2 Å². The van der Waals surface area contributed by atoms with Crippen molar-refractivity contribution in [1.29, 1.82) is 0 Å². The highest BCUT2D eigenvalue weighted by atomic mass is 79.9. The third-order valence-electron chi connectivity index (χ3n) is 2.49. The molecule has 0 radical (unpaired) electrons. The molecule has 0 N–H and O–H groups in total. The number of carbonyl (C=O) groups is 1. The third kappa shape index (κ3) is 3.22. The summed E-state index contributed by atoms with van der Waals surface area (Å²) in [6, 6.07) is 9.51. The van der Waals surface area contributed by atoms with E-state index in [2.05, 4.69) is 31.9 Å². The van der Waals surface area contributed by atoms with Crippen LogP contribution < -0.4 is 0 Å². The largest absolute Gasteiger partial charge is 0.337 e. The number of thiophene rings is 1. The maximum atomic E-state index is 12.3. The van der Waals surface area contributed by atoms with Crippen LogP contribution in [0.1, 0.15) is 15.9 Å². The van der Waals surface area contributed by atoms with Crippen molar-refractivity contribution < 1.29 is 4.79 Å². The first-order chi connectivity index (χ1) is 8.58. The summed E-state index contributed by atoms with van der Waals surface area (Å²) in [6.45, 7) is 0.613. The topological polar surface area (TPSA) is 20.3 Å². The van der Waals surface area contributed by atoms with Gasteiger partial charge in [-0.3, -0.25) is 4.79 Å². The summed E-state index contributed by atoms with van der Waals surface area (Å²) in [4.78, 5) is 14.0. The van der Waals surface area contributed by atoms with Crippen LogP contribution in [0, 0.1) is 0 Å². The van der Waals surface area contributed by atoms with Gasteiger partial charge in [-0.05, 0) is 61.0 Å². The Balaban J connectivity index is 2.12. The Morgan fingerprint density at radius 1 is 1.33 bits per heavy atom. The number of hydrogen-bond donors (Lipinski definition) is 0. The molecule has 0 saturated heterocycles. The predicted octanol–water partition coefficient (Wildman–Crippen LogP) is 4.55. The summed E-state index contributed by atoms with van der Waals surface area (Å²) >= 11 is 8.45. The van der Waals surface area contributed by atoms with Crippen LogP contribution in [0.25, 0.3) is 0 Å². The van der Waals surface area contributed by atoms with Gasteiger partial charge in [0.05, 0.1) is 9.35 Å². The second-order valence-corrected chi connectivity index (χ2v) is 7.04. The predicted molar refractivity (Wildman–Crippen MR) is 82.0 cm³/mol. The highest BCUT2D eigenvalue weighted by molar-refractivity contribution is 9.11. The molecule has 2 rings (SSSR count). The van der Waals surface area contributed by atoms with Gasteiger partial charge in [-0.15, -0.1) is 11.3 Å². The second kappa shape index (κ2) is 5.99. The first-order valence-electron chi connectivity index (χ1n) is 5.31. The van der Waals surface area contributed by atoms with Gasteiger partial charge in [-0.1, -0.05) is 12.1 Å². The van der Waals surface area contributed by atoms with Crippen LogP contribution in [-0.2, 0) is 6.54 Å². The van der Waals surface area contributed by atoms with E-state index in [1.807, 2.05) is 42.8 Å². The fraction of sp³-hybridized carbons (Fsp3) is 0.154. The summed E-state index contributed by atoms with van der Waals surface area (Å²) in [5.41, 5.74) is 1.82. The molecule has 5 heteroatoms. The lowest BCUT2D eigenvalue weighted by molar-refractivity contribution is 0.0784. The van der Waals surface area contributed by atoms with Crippen molar-refractivity contribution in [1.82, 2.24) is 4.90 Å². The molecular weight excluding hydrogens is 378 g/mol. The number of rotatable bonds is 3. The minimum atomic E-state index is 0.0183. The van der Waals surface area contributed by atoms with E-state index < -0.39 is 0 Å². The van der Waals surface area contributed by atoms with E-state index in [4.69, 9.17) is 0 Å². The third-order valence-corrected chi connectivity index (χ3v) is 4.74. The van der Waals surface area contributed by atoms with Crippen molar-refractivity contribution >= 4 is 49.1 Å². The molecule has 0 spiro atoms. The number of halogens is 2. The van der Waals surface area contributed by atoms with Crippen molar-refractivity contribution in [2.45, 2.75) is 6.54 Å². The van der Waals surface area contributed by atoms with E-state index in [9.17, 15) is 4.79 Å². The maximum Gasteiger partial charge on any atom is 0.255 e. The lowest BCUT2D eigenvalue weighted by atomic mass is 10.2. The van der Waals surface area contributed by atoms with Gasteiger partial charge in [-0.25, -0.2) is 0 Å². The first-order valence-corrected chi connectivity index (χ1v) is 7.77. The molecule has 0 bridgehead atoms. The van der Waals surface area contributed by atoms with E-state index in [1.165, 1.54) is 0 Å². The normalized spacial score (nSPS) is 10.4. The quantitative estimate of drug-likeness (QED) is 0.755. The van der Waals surface area contributed by atoms with E-state index in [-0.39, 0.29) is 5.91 Å². The Hall–Kier alpha value is -0.650. The summed E-state index contributed by atoms with van der Waals surface area (Å²) in [6.07, 6.45) is 0. The van der Waals surface area contributed by atoms with Crippen LogP contribution in [0.3, 0.4) is 0 Å². The van der Waals surface area contributed by atoms with Gasteiger partial charge in [0, 0.05) is 18.1 Å². The Bertz CT molecular complexity index is 568. The van der Waals surface area contributed by atoms with Crippen LogP contribution in [0.4, 0.5) is 0 Å². The van der Waals surface area contributed by atoms with Gasteiger partial charge in [0.2, 0.25) is 0 Å². The molecule has 0 saturated carbocycles. The molecule has 0 fully saturated rings. The van der Waals surface area contributed by atoms with Crippen molar-refractivity contribution in [3.63, 3.8) is 0 Å². The Morgan fingerprint density at radius 3 is 2.67 bits per heavy atom. The smallest absolute Gasteiger partial charge is 0.255 e. The number of amides is 1. The Labute approximate surface area is 127 Å². The molecule has 18 heavy (non-hydrogen) atoms. The van der Waals surface area contributed by atoms with E-state index in [1.54, 1.807) is 16.2 Å². The fourth-order valence-corrected chi connectivity index (χ4v) is 3.27. The average Bonchev–Trinajstić information content (AvgIpc) is 2.74.